The van der Waals surface area contributed by atoms with Crippen molar-refractivity contribution in [1.29, 1.82) is 0 Å². The van der Waals surface area contributed by atoms with Crippen LogP contribution in [0.5, 0.6) is 0 Å². The molecule has 1 heterocycles. The number of hydrogen-bond donors (Lipinski definition) is 1. The van der Waals surface area contributed by atoms with Gasteiger partial charge in [0.05, 0.1) is 6.10 Å². The number of tetrazole rings is 1. The van der Waals surface area contributed by atoms with Crippen molar-refractivity contribution in [3.8, 4) is 11.4 Å². The Morgan fingerprint density at radius 2 is 2.14 bits per heavy atom. The van der Waals surface area contributed by atoms with Crippen molar-refractivity contribution >= 4 is 5.69 Å². The van der Waals surface area contributed by atoms with Gasteiger partial charge in [0.25, 0.3) is 0 Å². The van der Waals surface area contributed by atoms with Gasteiger partial charge in [0, 0.05) is 24.4 Å². The van der Waals surface area contributed by atoms with Gasteiger partial charge in [-0.05, 0) is 55.3 Å². The maximum atomic E-state index is 13.3. The molecule has 1 aromatic carbocycles. The fourth-order valence-electron chi connectivity index (χ4n) is 1.95. The first-order valence-electron chi connectivity index (χ1n) is 7.01. The van der Waals surface area contributed by atoms with E-state index in [0.717, 1.165) is 12.8 Å². The van der Waals surface area contributed by atoms with Gasteiger partial charge in [0.2, 0.25) is 0 Å². The molecule has 21 heavy (non-hydrogen) atoms. The van der Waals surface area contributed by atoms with Gasteiger partial charge in [0.1, 0.15) is 5.82 Å². The smallest absolute Gasteiger partial charge is 0.184 e. The molecule has 0 saturated carbocycles. The predicted molar refractivity (Wildman–Crippen MR) is 77.9 cm³/mol. The number of aryl methyl sites for hydroxylation is 1. The third-order valence-corrected chi connectivity index (χ3v) is 3.00. The zero-order valence-electron chi connectivity index (χ0n) is 12.3. The van der Waals surface area contributed by atoms with Crippen LogP contribution in [0.3, 0.4) is 0 Å². The lowest BCUT2D eigenvalue weighted by atomic mass is 10.1. The second-order valence-corrected chi connectivity index (χ2v) is 5.08. The number of ether oxygens (including phenoxy) is 1. The average Bonchev–Trinajstić information content (AvgIpc) is 2.89. The number of benzene rings is 1. The van der Waals surface area contributed by atoms with Crippen molar-refractivity contribution in [1.82, 2.24) is 20.2 Å². The Morgan fingerprint density at radius 1 is 1.33 bits per heavy atom. The minimum Gasteiger partial charge on any atom is -0.398 e. The second-order valence-electron chi connectivity index (χ2n) is 5.08. The number of unbranched alkanes of at least 4 members (excludes halogenated alkanes) is 1. The predicted octanol–water partition coefficient (Wildman–Crippen LogP) is 2.27. The summed E-state index contributed by atoms with van der Waals surface area (Å²) in [5, 5.41) is 11.5. The Bertz CT molecular complexity index is 584. The molecule has 114 valence electrons. The number of nitrogens with zero attached hydrogens (tertiary/aromatic N) is 4. The van der Waals surface area contributed by atoms with Crippen molar-refractivity contribution in [3.05, 3.63) is 24.0 Å². The molecule has 0 amide bonds. The Hall–Kier alpha value is -2.02. The molecule has 0 bridgehead atoms. The number of halogens is 1. The molecule has 2 N–H and O–H groups in total. The number of nitrogen functional groups attached to an aromatic ring is 1. The molecule has 2 aromatic rings. The molecule has 0 spiro atoms. The van der Waals surface area contributed by atoms with E-state index in [1.165, 1.54) is 18.2 Å². The molecule has 0 saturated heterocycles. The highest BCUT2D eigenvalue weighted by molar-refractivity contribution is 5.71. The van der Waals surface area contributed by atoms with Crippen LogP contribution in [-0.4, -0.2) is 32.9 Å². The van der Waals surface area contributed by atoms with E-state index in [1.54, 1.807) is 4.68 Å². The number of aromatic nitrogens is 4. The number of anilines is 1. The number of rotatable bonds is 7. The third-order valence-electron chi connectivity index (χ3n) is 3.00. The van der Waals surface area contributed by atoms with Gasteiger partial charge in [-0.2, -0.15) is 0 Å². The Kier molecular flexibility index (Phi) is 5.21. The zero-order valence-corrected chi connectivity index (χ0v) is 12.3. The topological polar surface area (TPSA) is 78.8 Å². The summed E-state index contributed by atoms with van der Waals surface area (Å²) in [7, 11) is 0. The van der Waals surface area contributed by atoms with E-state index in [-0.39, 0.29) is 11.9 Å². The van der Waals surface area contributed by atoms with Crippen LogP contribution in [0.2, 0.25) is 0 Å². The van der Waals surface area contributed by atoms with Crippen LogP contribution in [0.4, 0.5) is 10.1 Å². The van der Waals surface area contributed by atoms with E-state index in [2.05, 4.69) is 15.5 Å². The lowest BCUT2D eigenvalue weighted by Gasteiger charge is -2.08. The van der Waals surface area contributed by atoms with Gasteiger partial charge in [-0.1, -0.05) is 0 Å². The van der Waals surface area contributed by atoms with E-state index < -0.39 is 0 Å². The summed E-state index contributed by atoms with van der Waals surface area (Å²) < 4.78 is 20.5. The number of nitrogens with two attached hydrogens (primary N) is 1. The van der Waals surface area contributed by atoms with E-state index in [0.29, 0.717) is 30.2 Å². The molecule has 6 nitrogen and oxygen atoms in total. The molecule has 1 aromatic heterocycles. The van der Waals surface area contributed by atoms with Crippen molar-refractivity contribution in [3.63, 3.8) is 0 Å². The molecule has 0 radical (unpaired) electrons. The van der Waals surface area contributed by atoms with Crippen molar-refractivity contribution in [2.24, 2.45) is 0 Å². The minimum atomic E-state index is -0.362. The van der Waals surface area contributed by atoms with Gasteiger partial charge < -0.3 is 10.5 Å². The lowest BCUT2D eigenvalue weighted by Crippen LogP contribution is -2.07. The summed E-state index contributed by atoms with van der Waals surface area (Å²) in [5.41, 5.74) is 6.83. The summed E-state index contributed by atoms with van der Waals surface area (Å²) in [4.78, 5) is 0. The van der Waals surface area contributed by atoms with Gasteiger partial charge >= 0.3 is 0 Å². The maximum Gasteiger partial charge on any atom is 0.184 e. The monoisotopic (exact) mass is 293 g/mol. The van der Waals surface area contributed by atoms with E-state index in [4.69, 9.17) is 10.5 Å². The summed E-state index contributed by atoms with van der Waals surface area (Å²) in [6.07, 6.45) is 2.02. The molecule has 0 atom stereocenters. The first-order chi connectivity index (χ1) is 10.1. The van der Waals surface area contributed by atoms with Crippen molar-refractivity contribution in [2.75, 3.05) is 12.3 Å². The Morgan fingerprint density at radius 3 is 2.90 bits per heavy atom. The van der Waals surface area contributed by atoms with Gasteiger partial charge in [-0.15, -0.1) is 5.10 Å². The standard InChI is InChI=1S/C14H20FN5O/c1-10(2)21-8-4-3-7-20-14(17-18-19-20)12-9-11(15)5-6-13(12)16/h5-6,9-10H,3-4,7-8,16H2,1-2H3. The van der Waals surface area contributed by atoms with Gasteiger partial charge in [0.15, 0.2) is 5.82 Å². The normalized spacial score (nSPS) is 11.2. The average molecular weight is 293 g/mol. The fraction of sp³-hybridized carbons (Fsp3) is 0.500. The SMILES string of the molecule is CC(C)OCCCCn1nnnc1-c1cc(F)ccc1N. The Balaban J connectivity index is 2.00. The molecule has 0 aliphatic rings. The van der Waals surface area contributed by atoms with Gasteiger partial charge in [-0.25, -0.2) is 9.07 Å². The quantitative estimate of drug-likeness (QED) is 0.626. The van der Waals surface area contributed by atoms with Gasteiger partial charge in [-0.3, -0.25) is 0 Å². The first kappa shape index (κ1) is 15.4. The number of hydrogen-bond acceptors (Lipinski definition) is 5. The third kappa shape index (κ3) is 4.22. The zero-order chi connectivity index (χ0) is 15.2. The van der Waals surface area contributed by atoms with Crippen LogP contribution in [0.1, 0.15) is 26.7 Å². The van der Waals surface area contributed by atoms with Crippen LogP contribution in [-0.2, 0) is 11.3 Å². The van der Waals surface area contributed by atoms with E-state index >= 15 is 0 Å². The molecular weight excluding hydrogens is 273 g/mol. The largest absolute Gasteiger partial charge is 0.398 e. The maximum absolute atomic E-state index is 13.3. The minimum absolute atomic E-state index is 0.237. The molecule has 0 fully saturated rings. The van der Waals surface area contributed by atoms with Crippen LogP contribution in [0.15, 0.2) is 18.2 Å². The molecule has 7 heteroatoms. The van der Waals surface area contributed by atoms with E-state index in [9.17, 15) is 4.39 Å². The van der Waals surface area contributed by atoms with Crippen LogP contribution < -0.4 is 5.73 Å². The van der Waals surface area contributed by atoms with Crippen molar-refractivity contribution in [2.45, 2.75) is 39.3 Å². The Labute approximate surface area is 123 Å². The second kappa shape index (κ2) is 7.12. The summed E-state index contributed by atoms with van der Waals surface area (Å²) in [6.45, 7) is 5.36. The van der Waals surface area contributed by atoms with Crippen LogP contribution in [0, 0.1) is 5.82 Å². The molecule has 2 rings (SSSR count). The fourth-order valence-corrected chi connectivity index (χ4v) is 1.95. The molecule has 0 unspecified atom stereocenters. The van der Waals surface area contributed by atoms with Crippen molar-refractivity contribution < 1.29 is 9.13 Å². The summed E-state index contributed by atoms with van der Waals surface area (Å²) in [5.74, 6) is 0.121. The first-order valence-corrected chi connectivity index (χ1v) is 7.01. The van der Waals surface area contributed by atoms with Crippen LogP contribution in [0.25, 0.3) is 11.4 Å². The molecule has 0 aliphatic carbocycles. The lowest BCUT2D eigenvalue weighted by molar-refractivity contribution is 0.0753. The highest BCUT2D eigenvalue weighted by Gasteiger charge is 2.12. The van der Waals surface area contributed by atoms with E-state index in [1.807, 2.05) is 13.8 Å². The summed E-state index contributed by atoms with van der Waals surface area (Å²) >= 11 is 0. The molecule has 0 aliphatic heterocycles. The van der Waals surface area contributed by atoms with Crippen LogP contribution >= 0.6 is 0 Å². The molecular formula is C14H20FN5O. The highest BCUT2D eigenvalue weighted by Crippen LogP contribution is 2.24. The highest BCUT2D eigenvalue weighted by atomic mass is 19.1. The summed E-state index contributed by atoms with van der Waals surface area (Å²) in [6, 6.07) is 4.18.